The van der Waals surface area contributed by atoms with Crippen LogP contribution in [0.4, 0.5) is 0 Å². The number of hydrogen-bond acceptors (Lipinski definition) is 6. The van der Waals surface area contributed by atoms with Crippen molar-refractivity contribution in [3.05, 3.63) is 36.0 Å². The predicted octanol–water partition coefficient (Wildman–Crippen LogP) is 1.17. The SMILES string of the molecule is COc1ccc(S(=O)(=O)N2CC(c3nc(C)no3)C2)cc1. The minimum Gasteiger partial charge on any atom is -0.497 e. The summed E-state index contributed by atoms with van der Waals surface area (Å²) in [7, 11) is -1.94. The topological polar surface area (TPSA) is 85.5 Å². The highest BCUT2D eigenvalue weighted by Gasteiger charge is 2.40. The molecule has 1 aliphatic rings. The number of sulfonamides is 1. The third-order valence-electron chi connectivity index (χ3n) is 3.44. The maximum Gasteiger partial charge on any atom is 0.243 e. The summed E-state index contributed by atoms with van der Waals surface area (Å²) in [4.78, 5) is 4.38. The molecule has 7 nitrogen and oxygen atoms in total. The monoisotopic (exact) mass is 309 g/mol. The van der Waals surface area contributed by atoms with Crippen molar-refractivity contribution in [2.75, 3.05) is 20.2 Å². The fourth-order valence-electron chi connectivity index (χ4n) is 2.17. The Balaban J connectivity index is 1.72. The maximum absolute atomic E-state index is 12.4. The zero-order valence-electron chi connectivity index (χ0n) is 11.7. The molecule has 1 fully saturated rings. The number of methoxy groups -OCH3 is 1. The first-order chi connectivity index (χ1) is 10.0. The number of hydrogen-bond donors (Lipinski definition) is 0. The number of rotatable bonds is 4. The lowest BCUT2D eigenvalue weighted by Gasteiger charge is -2.35. The summed E-state index contributed by atoms with van der Waals surface area (Å²) in [5.41, 5.74) is 0. The molecule has 0 N–H and O–H groups in total. The van der Waals surface area contributed by atoms with Crippen molar-refractivity contribution < 1.29 is 17.7 Å². The van der Waals surface area contributed by atoms with Crippen molar-refractivity contribution in [2.24, 2.45) is 0 Å². The molecule has 0 spiro atoms. The van der Waals surface area contributed by atoms with E-state index >= 15 is 0 Å². The first kappa shape index (κ1) is 14.0. The van der Waals surface area contributed by atoms with Crippen molar-refractivity contribution >= 4 is 10.0 Å². The molecule has 0 radical (unpaired) electrons. The van der Waals surface area contributed by atoms with Crippen LogP contribution in [0.1, 0.15) is 17.6 Å². The zero-order chi connectivity index (χ0) is 15.0. The average Bonchev–Trinajstić information content (AvgIpc) is 2.83. The molecule has 112 valence electrons. The van der Waals surface area contributed by atoms with Crippen LogP contribution >= 0.6 is 0 Å². The molecule has 3 rings (SSSR count). The lowest BCUT2D eigenvalue weighted by molar-refractivity contribution is 0.216. The second-order valence-electron chi connectivity index (χ2n) is 4.87. The van der Waals surface area contributed by atoms with Crippen LogP contribution < -0.4 is 4.74 Å². The van der Waals surface area contributed by atoms with Gasteiger partial charge in [0.1, 0.15) is 5.75 Å². The van der Waals surface area contributed by atoms with Crippen molar-refractivity contribution in [3.8, 4) is 5.75 Å². The fraction of sp³-hybridized carbons (Fsp3) is 0.385. The highest BCUT2D eigenvalue weighted by molar-refractivity contribution is 7.89. The molecule has 2 heterocycles. The Morgan fingerprint density at radius 2 is 1.95 bits per heavy atom. The summed E-state index contributed by atoms with van der Waals surface area (Å²) in [5, 5.41) is 3.72. The van der Waals surface area contributed by atoms with Crippen LogP contribution in [0.3, 0.4) is 0 Å². The van der Waals surface area contributed by atoms with E-state index in [0.29, 0.717) is 30.6 Å². The van der Waals surface area contributed by atoms with E-state index in [4.69, 9.17) is 9.26 Å². The molecule has 21 heavy (non-hydrogen) atoms. The van der Waals surface area contributed by atoms with Gasteiger partial charge in [-0.3, -0.25) is 0 Å². The Morgan fingerprint density at radius 3 is 2.48 bits per heavy atom. The van der Waals surface area contributed by atoms with E-state index in [1.807, 2.05) is 0 Å². The Kier molecular flexibility index (Phi) is 3.42. The maximum atomic E-state index is 12.4. The number of aromatic nitrogens is 2. The van der Waals surface area contributed by atoms with Crippen molar-refractivity contribution in [1.29, 1.82) is 0 Å². The first-order valence-electron chi connectivity index (χ1n) is 6.45. The van der Waals surface area contributed by atoms with Crippen LogP contribution in [0.2, 0.25) is 0 Å². The van der Waals surface area contributed by atoms with Crippen molar-refractivity contribution in [3.63, 3.8) is 0 Å². The molecule has 2 aromatic rings. The Morgan fingerprint density at radius 1 is 1.29 bits per heavy atom. The van der Waals surface area contributed by atoms with Crippen LogP contribution in [0.5, 0.6) is 5.75 Å². The highest BCUT2D eigenvalue weighted by Crippen LogP contribution is 2.31. The van der Waals surface area contributed by atoms with Gasteiger partial charge >= 0.3 is 0 Å². The minimum atomic E-state index is -3.47. The normalized spacial score (nSPS) is 16.7. The summed E-state index contributed by atoms with van der Waals surface area (Å²) in [6.07, 6.45) is 0. The predicted molar refractivity (Wildman–Crippen MR) is 73.5 cm³/mol. The van der Waals surface area contributed by atoms with Crippen LogP contribution in [-0.4, -0.2) is 43.1 Å². The van der Waals surface area contributed by atoms with E-state index in [1.165, 1.54) is 11.4 Å². The quantitative estimate of drug-likeness (QED) is 0.843. The van der Waals surface area contributed by atoms with Gasteiger partial charge < -0.3 is 9.26 Å². The smallest absolute Gasteiger partial charge is 0.243 e. The molecule has 0 unspecified atom stereocenters. The van der Waals surface area contributed by atoms with Crippen LogP contribution in [0.15, 0.2) is 33.7 Å². The summed E-state index contributed by atoms with van der Waals surface area (Å²) in [5.74, 6) is 1.64. The molecule has 0 bridgehead atoms. The van der Waals surface area contributed by atoms with Crippen LogP contribution in [0.25, 0.3) is 0 Å². The molecule has 1 saturated heterocycles. The van der Waals surface area contributed by atoms with Gasteiger partial charge in [-0.25, -0.2) is 8.42 Å². The van der Waals surface area contributed by atoms with E-state index in [9.17, 15) is 8.42 Å². The van der Waals surface area contributed by atoms with Gasteiger partial charge in [0, 0.05) is 13.1 Å². The summed E-state index contributed by atoms with van der Waals surface area (Å²) >= 11 is 0. The highest BCUT2D eigenvalue weighted by atomic mass is 32.2. The third kappa shape index (κ3) is 2.52. The second-order valence-corrected chi connectivity index (χ2v) is 6.81. The molecule has 8 heteroatoms. The van der Waals surface area contributed by atoms with E-state index in [2.05, 4.69) is 10.1 Å². The van der Waals surface area contributed by atoms with Crippen LogP contribution in [0, 0.1) is 6.92 Å². The second kappa shape index (κ2) is 5.12. The molecule has 0 amide bonds. The molecule has 1 aliphatic heterocycles. The molecule has 0 atom stereocenters. The van der Waals surface area contributed by atoms with Gasteiger partial charge in [-0.15, -0.1) is 0 Å². The number of ether oxygens (including phenoxy) is 1. The van der Waals surface area contributed by atoms with Gasteiger partial charge in [-0.05, 0) is 31.2 Å². The van der Waals surface area contributed by atoms with Crippen molar-refractivity contribution in [2.45, 2.75) is 17.7 Å². The number of benzene rings is 1. The van der Waals surface area contributed by atoms with Gasteiger partial charge in [0.2, 0.25) is 15.9 Å². The molecule has 0 saturated carbocycles. The number of nitrogens with zero attached hydrogens (tertiary/aromatic N) is 3. The largest absolute Gasteiger partial charge is 0.497 e. The Bertz CT molecular complexity index is 733. The van der Waals surface area contributed by atoms with Gasteiger partial charge in [0.15, 0.2) is 5.82 Å². The summed E-state index contributed by atoms with van der Waals surface area (Å²) in [6.45, 7) is 2.45. The molecular weight excluding hydrogens is 294 g/mol. The standard InChI is InChI=1S/C13H15N3O4S/c1-9-14-13(20-15-9)10-7-16(8-10)21(17,18)12-5-3-11(19-2)4-6-12/h3-6,10H,7-8H2,1-2H3. The lowest BCUT2D eigenvalue weighted by Crippen LogP contribution is -2.48. The number of aryl methyl sites for hydroxylation is 1. The third-order valence-corrected chi connectivity index (χ3v) is 5.28. The summed E-state index contributed by atoms with van der Waals surface area (Å²) < 4.78 is 36.3. The van der Waals surface area contributed by atoms with E-state index in [0.717, 1.165) is 0 Å². The van der Waals surface area contributed by atoms with E-state index < -0.39 is 10.0 Å². The Hall–Kier alpha value is -1.93. The van der Waals surface area contributed by atoms with Gasteiger partial charge in [0.25, 0.3) is 0 Å². The van der Waals surface area contributed by atoms with Crippen LogP contribution in [-0.2, 0) is 10.0 Å². The van der Waals surface area contributed by atoms with Gasteiger partial charge in [-0.1, -0.05) is 5.16 Å². The molecule has 1 aromatic heterocycles. The molecule has 0 aliphatic carbocycles. The van der Waals surface area contributed by atoms with E-state index in [1.54, 1.807) is 31.2 Å². The van der Waals surface area contributed by atoms with E-state index in [-0.39, 0.29) is 10.8 Å². The van der Waals surface area contributed by atoms with Gasteiger partial charge in [0.05, 0.1) is 17.9 Å². The summed E-state index contributed by atoms with van der Waals surface area (Å²) in [6, 6.07) is 6.34. The van der Waals surface area contributed by atoms with Crippen molar-refractivity contribution in [1.82, 2.24) is 14.4 Å². The average molecular weight is 309 g/mol. The first-order valence-corrected chi connectivity index (χ1v) is 7.89. The molecular formula is C13H15N3O4S. The lowest BCUT2D eigenvalue weighted by atomic mass is 10.0. The fourth-order valence-corrected chi connectivity index (χ4v) is 3.70. The van der Waals surface area contributed by atoms with Gasteiger partial charge in [-0.2, -0.15) is 9.29 Å². The Labute approximate surface area is 122 Å². The minimum absolute atomic E-state index is 0.0285. The molecule has 1 aromatic carbocycles. The zero-order valence-corrected chi connectivity index (χ0v) is 12.5.